The van der Waals surface area contributed by atoms with E-state index in [-0.39, 0.29) is 19.8 Å². The molecule has 0 aliphatic heterocycles. The summed E-state index contributed by atoms with van der Waals surface area (Å²) in [6.45, 7) is 4.86. The molecule has 0 heterocycles. The lowest BCUT2D eigenvalue weighted by atomic mass is 10.1. The van der Waals surface area contributed by atoms with Crippen molar-refractivity contribution in [3.05, 3.63) is 0 Å². The van der Waals surface area contributed by atoms with E-state index in [0.717, 1.165) is 6.54 Å². The minimum absolute atomic E-state index is 0.0694. The van der Waals surface area contributed by atoms with Crippen LogP contribution in [0.4, 0.5) is 0 Å². The summed E-state index contributed by atoms with van der Waals surface area (Å²) in [4.78, 5) is 1.79. The second-order valence-corrected chi connectivity index (χ2v) is 4.57. The summed E-state index contributed by atoms with van der Waals surface area (Å²) in [5.74, 6) is 0. The summed E-state index contributed by atoms with van der Waals surface area (Å²) in [5.41, 5.74) is 5.34. The molecular weight excluding hydrogens is 244 g/mol. The van der Waals surface area contributed by atoms with Gasteiger partial charge in [0.2, 0.25) is 0 Å². The van der Waals surface area contributed by atoms with Gasteiger partial charge in [-0.1, -0.05) is 39.0 Å². The summed E-state index contributed by atoms with van der Waals surface area (Å²) in [5, 5.41) is 25.5. The van der Waals surface area contributed by atoms with E-state index in [1.54, 1.807) is 4.90 Å². The van der Waals surface area contributed by atoms with Crippen molar-refractivity contribution >= 4 is 0 Å². The SMILES string of the molecule is CCCCCCCCN.OCCN(CCO)CCO. The molecule has 0 fully saturated rings. The zero-order valence-corrected chi connectivity index (χ0v) is 12.6. The molecule has 0 atom stereocenters. The van der Waals surface area contributed by atoms with Crippen LogP contribution in [-0.2, 0) is 0 Å². The highest BCUT2D eigenvalue weighted by Gasteiger charge is 2.00. The van der Waals surface area contributed by atoms with Gasteiger partial charge >= 0.3 is 0 Å². The molecule has 0 unspecified atom stereocenters. The Hall–Kier alpha value is -0.200. The molecular formula is C14H34N2O3. The Bertz CT molecular complexity index is 128. The van der Waals surface area contributed by atoms with Gasteiger partial charge in [-0.05, 0) is 13.0 Å². The fraction of sp³-hybridized carbons (Fsp3) is 1.00. The van der Waals surface area contributed by atoms with Crippen LogP contribution >= 0.6 is 0 Å². The molecule has 5 heteroatoms. The molecule has 0 aromatic heterocycles. The maximum atomic E-state index is 8.48. The molecule has 0 rings (SSSR count). The second-order valence-electron chi connectivity index (χ2n) is 4.57. The van der Waals surface area contributed by atoms with Crippen LogP contribution in [0.15, 0.2) is 0 Å². The van der Waals surface area contributed by atoms with E-state index in [4.69, 9.17) is 21.1 Å². The van der Waals surface area contributed by atoms with Crippen molar-refractivity contribution in [1.29, 1.82) is 0 Å². The Morgan fingerprint density at radius 1 is 0.737 bits per heavy atom. The number of unbranched alkanes of at least 4 members (excludes halogenated alkanes) is 5. The summed E-state index contributed by atoms with van der Waals surface area (Å²) >= 11 is 0. The maximum absolute atomic E-state index is 8.48. The van der Waals surface area contributed by atoms with Crippen molar-refractivity contribution in [2.75, 3.05) is 46.0 Å². The van der Waals surface area contributed by atoms with E-state index in [1.807, 2.05) is 0 Å². The molecule has 0 bridgehead atoms. The van der Waals surface area contributed by atoms with Gasteiger partial charge in [0, 0.05) is 19.6 Å². The molecule has 118 valence electrons. The molecule has 5 N–H and O–H groups in total. The van der Waals surface area contributed by atoms with Crippen molar-refractivity contribution < 1.29 is 15.3 Å². The van der Waals surface area contributed by atoms with Gasteiger partial charge in [0.15, 0.2) is 0 Å². The number of rotatable bonds is 12. The lowest BCUT2D eigenvalue weighted by Crippen LogP contribution is -2.32. The van der Waals surface area contributed by atoms with Crippen molar-refractivity contribution in [3.63, 3.8) is 0 Å². The van der Waals surface area contributed by atoms with Crippen LogP contribution in [0.25, 0.3) is 0 Å². The van der Waals surface area contributed by atoms with Crippen molar-refractivity contribution in [2.45, 2.75) is 45.4 Å². The van der Waals surface area contributed by atoms with Gasteiger partial charge in [0.25, 0.3) is 0 Å². The monoisotopic (exact) mass is 278 g/mol. The van der Waals surface area contributed by atoms with Crippen molar-refractivity contribution in [2.24, 2.45) is 5.73 Å². The van der Waals surface area contributed by atoms with E-state index >= 15 is 0 Å². The Morgan fingerprint density at radius 2 is 1.16 bits per heavy atom. The molecule has 0 spiro atoms. The predicted molar refractivity (Wildman–Crippen MR) is 80.1 cm³/mol. The van der Waals surface area contributed by atoms with Crippen LogP contribution in [0.1, 0.15) is 45.4 Å². The van der Waals surface area contributed by atoms with E-state index in [1.165, 1.54) is 38.5 Å². The van der Waals surface area contributed by atoms with Crippen LogP contribution in [0.5, 0.6) is 0 Å². The third-order valence-electron chi connectivity index (χ3n) is 2.81. The molecule has 0 aromatic carbocycles. The molecule has 0 radical (unpaired) electrons. The van der Waals surface area contributed by atoms with Crippen LogP contribution in [0.2, 0.25) is 0 Å². The van der Waals surface area contributed by atoms with Crippen LogP contribution in [0.3, 0.4) is 0 Å². The number of aliphatic hydroxyl groups is 3. The lowest BCUT2D eigenvalue weighted by Gasteiger charge is -2.17. The quantitative estimate of drug-likeness (QED) is 0.392. The maximum Gasteiger partial charge on any atom is 0.0558 e. The fourth-order valence-corrected chi connectivity index (χ4v) is 1.68. The Labute approximate surface area is 118 Å². The van der Waals surface area contributed by atoms with E-state index in [9.17, 15) is 0 Å². The minimum atomic E-state index is 0.0694. The van der Waals surface area contributed by atoms with Gasteiger partial charge in [-0.3, -0.25) is 4.90 Å². The standard InChI is InChI=1S/C8H19N.C6H15NO3/c1-2-3-4-5-6-7-8-9;8-4-1-7(2-5-9)3-6-10/h2-9H2,1H3;8-10H,1-6H2. The third kappa shape index (κ3) is 20.3. The van der Waals surface area contributed by atoms with Crippen molar-refractivity contribution in [1.82, 2.24) is 4.90 Å². The van der Waals surface area contributed by atoms with Gasteiger partial charge in [-0.2, -0.15) is 0 Å². The lowest BCUT2D eigenvalue weighted by molar-refractivity contribution is 0.136. The van der Waals surface area contributed by atoms with Gasteiger partial charge < -0.3 is 21.1 Å². The van der Waals surface area contributed by atoms with Crippen LogP contribution < -0.4 is 5.73 Å². The Balaban J connectivity index is 0. The Kier molecular flexibility index (Phi) is 22.4. The summed E-state index contributed by atoms with van der Waals surface area (Å²) in [6.07, 6.45) is 8.05. The highest BCUT2D eigenvalue weighted by molar-refractivity contribution is 4.54. The largest absolute Gasteiger partial charge is 0.395 e. The van der Waals surface area contributed by atoms with Gasteiger partial charge in [0.05, 0.1) is 19.8 Å². The zero-order valence-electron chi connectivity index (χ0n) is 12.6. The van der Waals surface area contributed by atoms with Crippen LogP contribution in [-0.4, -0.2) is 66.2 Å². The first-order valence-corrected chi connectivity index (χ1v) is 7.51. The molecule has 0 amide bonds. The molecule has 0 saturated heterocycles. The predicted octanol–water partition coefficient (Wildman–Crippen LogP) is 0.571. The van der Waals surface area contributed by atoms with Gasteiger partial charge in [-0.15, -0.1) is 0 Å². The first-order valence-electron chi connectivity index (χ1n) is 7.51. The number of hydrogen-bond donors (Lipinski definition) is 4. The smallest absolute Gasteiger partial charge is 0.0558 e. The number of nitrogens with zero attached hydrogens (tertiary/aromatic N) is 1. The molecule has 0 aliphatic carbocycles. The first kappa shape index (κ1) is 21.1. The Morgan fingerprint density at radius 3 is 1.53 bits per heavy atom. The summed E-state index contributed by atoms with van der Waals surface area (Å²) in [7, 11) is 0. The minimum Gasteiger partial charge on any atom is -0.395 e. The normalized spacial score (nSPS) is 10.4. The fourth-order valence-electron chi connectivity index (χ4n) is 1.68. The average Bonchev–Trinajstić information content (AvgIpc) is 2.40. The molecule has 0 aromatic rings. The summed E-state index contributed by atoms with van der Waals surface area (Å²) < 4.78 is 0. The molecule has 19 heavy (non-hydrogen) atoms. The highest BCUT2D eigenvalue weighted by Crippen LogP contribution is 2.03. The molecule has 0 aliphatic rings. The van der Waals surface area contributed by atoms with Gasteiger partial charge in [0.1, 0.15) is 0 Å². The summed E-state index contributed by atoms with van der Waals surface area (Å²) in [6, 6.07) is 0. The number of hydrogen-bond acceptors (Lipinski definition) is 5. The van der Waals surface area contributed by atoms with Crippen molar-refractivity contribution in [3.8, 4) is 0 Å². The van der Waals surface area contributed by atoms with E-state index < -0.39 is 0 Å². The topological polar surface area (TPSA) is 90.0 Å². The van der Waals surface area contributed by atoms with Crippen LogP contribution in [0, 0.1) is 0 Å². The molecule has 0 saturated carbocycles. The zero-order chi connectivity index (χ0) is 14.8. The van der Waals surface area contributed by atoms with E-state index in [2.05, 4.69) is 6.92 Å². The third-order valence-corrected chi connectivity index (χ3v) is 2.81. The number of nitrogens with two attached hydrogens (primary N) is 1. The molecule has 5 nitrogen and oxygen atoms in total. The number of aliphatic hydroxyl groups excluding tert-OH is 3. The first-order chi connectivity index (χ1) is 9.26. The highest BCUT2D eigenvalue weighted by atomic mass is 16.3. The van der Waals surface area contributed by atoms with E-state index in [0.29, 0.717) is 19.6 Å². The second kappa shape index (κ2) is 20.1. The van der Waals surface area contributed by atoms with Gasteiger partial charge in [-0.25, -0.2) is 0 Å². The average molecular weight is 278 g/mol.